The van der Waals surface area contributed by atoms with Gasteiger partial charge in [0.25, 0.3) is 0 Å². The number of carbonyl (C=O) groups excluding carboxylic acids is 1. The van der Waals surface area contributed by atoms with Crippen LogP contribution in [-0.4, -0.2) is 47.4 Å². The van der Waals surface area contributed by atoms with E-state index in [1.54, 1.807) is 0 Å². The van der Waals surface area contributed by atoms with Crippen LogP contribution in [0, 0.1) is 0 Å². The van der Waals surface area contributed by atoms with E-state index in [1.807, 2.05) is 12.1 Å². The molecule has 2 atom stereocenters. The van der Waals surface area contributed by atoms with Crippen LogP contribution >= 0.6 is 24.8 Å². The normalized spacial score (nSPS) is 20.5. The van der Waals surface area contributed by atoms with E-state index in [-0.39, 0.29) is 30.7 Å². The zero-order chi connectivity index (χ0) is 18.5. The van der Waals surface area contributed by atoms with Crippen molar-refractivity contribution in [2.75, 3.05) is 19.6 Å². The molecule has 2 saturated heterocycles. The molecule has 2 aromatic carbocycles. The molecule has 2 fully saturated rings. The number of fused-ring (bicyclic) bond motifs is 2. The van der Waals surface area contributed by atoms with Crippen molar-refractivity contribution in [3.63, 3.8) is 0 Å². The summed E-state index contributed by atoms with van der Waals surface area (Å²) in [7, 11) is 0. The monoisotopic (exact) mass is 435 g/mol. The van der Waals surface area contributed by atoms with Crippen molar-refractivity contribution in [2.45, 2.75) is 44.4 Å². The quantitative estimate of drug-likeness (QED) is 0.747. The maximum Gasteiger partial charge on any atom is 0.237 e. The molecule has 158 valence electrons. The number of hydrogen-bond donors (Lipinski definition) is 1. The molecule has 2 aliphatic heterocycles. The Bertz CT molecular complexity index is 689. The van der Waals surface area contributed by atoms with E-state index in [0.29, 0.717) is 18.6 Å². The summed E-state index contributed by atoms with van der Waals surface area (Å²) in [5.41, 5.74) is 2.50. The van der Waals surface area contributed by atoms with Crippen LogP contribution in [0.2, 0.25) is 0 Å². The number of nitrogens with zero attached hydrogens (tertiary/aromatic N) is 2. The smallest absolute Gasteiger partial charge is 0.237 e. The Morgan fingerprint density at radius 1 is 0.862 bits per heavy atom. The molecule has 29 heavy (non-hydrogen) atoms. The summed E-state index contributed by atoms with van der Waals surface area (Å²) in [5.74, 6) is 0.290. The Kier molecular flexibility index (Phi) is 9.44. The second-order valence-electron chi connectivity index (χ2n) is 7.80. The molecular weight excluding hydrogens is 405 g/mol. The van der Waals surface area contributed by atoms with E-state index in [4.69, 9.17) is 0 Å². The van der Waals surface area contributed by atoms with E-state index >= 15 is 0 Å². The van der Waals surface area contributed by atoms with Crippen molar-refractivity contribution in [1.29, 1.82) is 0 Å². The number of halogens is 2. The van der Waals surface area contributed by atoms with Gasteiger partial charge in [-0.1, -0.05) is 60.7 Å². The Morgan fingerprint density at radius 3 is 2.00 bits per heavy atom. The minimum Gasteiger partial charge on any atom is -0.334 e. The molecule has 2 heterocycles. The van der Waals surface area contributed by atoms with Gasteiger partial charge in [-0.3, -0.25) is 9.69 Å². The molecule has 0 aliphatic carbocycles. The number of amides is 1. The van der Waals surface area contributed by atoms with E-state index in [9.17, 15) is 4.79 Å². The number of hydrogen-bond acceptors (Lipinski definition) is 3. The van der Waals surface area contributed by atoms with Gasteiger partial charge in [-0.25, -0.2) is 0 Å². The van der Waals surface area contributed by atoms with Crippen LogP contribution in [0.3, 0.4) is 0 Å². The number of benzene rings is 2. The first kappa shape index (κ1) is 23.7. The third-order valence-corrected chi connectivity index (χ3v) is 5.80. The molecule has 1 N–H and O–H groups in total. The summed E-state index contributed by atoms with van der Waals surface area (Å²) in [6.45, 7) is 4.05. The van der Waals surface area contributed by atoms with Gasteiger partial charge >= 0.3 is 0 Å². The molecule has 2 unspecified atom stereocenters. The van der Waals surface area contributed by atoms with Gasteiger partial charge in [0.05, 0.1) is 6.54 Å². The third-order valence-electron chi connectivity index (χ3n) is 5.80. The average Bonchev–Trinajstić information content (AvgIpc) is 2.96. The highest BCUT2D eigenvalue weighted by molar-refractivity contribution is 5.85. The standard InChI is InChI=1S/C23H29N3O.2ClH/c27-23(26-21-11-12-22(26)15-24-14-13-21)18-25(16-19-7-3-1-4-8-19)17-20-9-5-2-6-10-20;;/h1-10,21-22,24H,11-18H2;2*1H. The first-order chi connectivity index (χ1) is 13.3. The van der Waals surface area contributed by atoms with E-state index < -0.39 is 0 Å². The second kappa shape index (κ2) is 11.6. The maximum atomic E-state index is 13.3. The predicted molar refractivity (Wildman–Crippen MR) is 123 cm³/mol. The van der Waals surface area contributed by atoms with Gasteiger partial charge in [0.2, 0.25) is 5.91 Å². The summed E-state index contributed by atoms with van der Waals surface area (Å²) in [6, 6.07) is 21.7. The third kappa shape index (κ3) is 6.19. The minimum absolute atomic E-state index is 0. The Morgan fingerprint density at radius 2 is 1.41 bits per heavy atom. The molecule has 2 aromatic rings. The summed E-state index contributed by atoms with van der Waals surface area (Å²) in [4.78, 5) is 17.7. The summed E-state index contributed by atoms with van der Waals surface area (Å²) in [5, 5.41) is 3.49. The van der Waals surface area contributed by atoms with Crippen LogP contribution in [0.5, 0.6) is 0 Å². The number of rotatable bonds is 6. The van der Waals surface area contributed by atoms with E-state index in [0.717, 1.165) is 45.4 Å². The molecule has 1 amide bonds. The molecular formula is C23H31Cl2N3O. The second-order valence-corrected chi connectivity index (χ2v) is 7.80. The highest BCUT2D eigenvalue weighted by Crippen LogP contribution is 2.28. The fourth-order valence-corrected chi connectivity index (χ4v) is 4.51. The van der Waals surface area contributed by atoms with Gasteiger partial charge < -0.3 is 10.2 Å². The fraction of sp³-hybridized carbons (Fsp3) is 0.435. The fourth-order valence-electron chi connectivity index (χ4n) is 4.51. The lowest BCUT2D eigenvalue weighted by Gasteiger charge is -2.31. The Balaban J connectivity index is 0.00000150. The van der Waals surface area contributed by atoms with Gasteiger partial charge in [-0.2, -0.15) is 0 Å². The van der Waals surface area contributed by atoms with Crippen molar-refractivity contribution in [2.24, 2.45) is 0 Å². The maximum absolute atomic E-state index is 13.3. The van der Waals surface area contributed by atoms with Crippen LogP contribution in [0.15, 0.2) is 60.7 Å². The zero-order valence-corrected chi connectivity index (χ0v) is 18.3. The molecule has 0 spiro atoms. The van der Waals surface area contributed by atoms with Gasteiger partial charge in [0.15, 0.2) is 0 Å². The highest BCUT2D eigenvalue weighted by Gasteiger charge is 2.38. The molecule has 4 nitrogen and oxygen atoms in total. The lowest BCUT2D eigenvalue weighted by atomic mass is 10.1. The van der Waals surface area contributed by atoms with E-state index in [2.05, 4.69) is 63.6 Å². The molecule has 2 aliphatic rings. The first-order valence-corrected chi connectivity index (χ1v) is 10.1. The van der Waals surface area contributed by atoms with Crippen LogP contribution in [0.1, 0.15) is 30.4 Å². The van der Waals surface area contributed by atoms with Crippen molar-refractivity contribution >= 4 is 30.7 Å². The summed E-state index contributed by atoms with van der Waals surface area (Å²) < 4.78 is 0. The lowest BCUT2D eigenvalue weighted by Crippen LogP contribution is -2.47. The molecule has 0 radical (unpaired) electrons. The molecule has 2 bridgehead atoms. The summed E-state index contributed by atoms with van der Waals surface area (Å²) in [6.07, 6.45) is 3.38. The zero-order valence-electron chi connectivity index (χ0n) is 16.7. The lowest BCUT2D eigenvalue weighted by molar-refractivity contribution is -0.135. The van der Waals surface area contributed by atoms with Crippen molar-refractivity contribution in [1.82, 2.24) is 15.1 Å². The highest BCUT2D eigenvalue weighted by atomic mass is 35.5. The topological polar surface area (TPSA) is 35.6 Å². The van der Waals surface area contributed by atoms with Crippen molar-refractivity contribution < 1.29 is 4.79 Å². The molecule has 6 heteroatoms. The van der Waals surface area contributed by atoms with Crippen LogP contribution in [-0.2, 0) is 17.9 Å². The van der Waals surface area contributed by atoms with Gasteiger partial charge in [-0.15, -0.1) is 24.8 Å². The minimum atomic E-state index is 0. The Hall–Kier alpha value is -1.59. The Labute approximate surface area is 186 Å². The first-order valence-electron chi connectivity index (χ1n) is 10.1. The SMILES string of the molecule is Cl.Cl.O=C(CN(Cc1ccccc1)Cc1ccccc1)N1C2CCNCC1CC2. The summed E-state index contributed by atoms with van der Waals surface area (Å²) >= 11 is 0. The van der Waals surface area contributed by atoms with E-state index in [1.165, 1.54) is 11.1 Å². The largest absolute Gasteiger partial charge is 0.334 e. The van der Waals surface area contributed by atoms with Gasteiger partial charge in [0.1, 0.15) is 0 Å². The molecule has 4 rings (SSSR count). The van der Waals surface area contributed by atoms with Crippen molar-refractivity contribution in [3.05, 3.63) is 71.8 Å². The van der Waals surface area contributed by atoms with Crippen LogP contribution in [0.4, 0.5) is 0 Å². The molecule has 0 aromatic heterocycles. The van der Waals surface area contributed by atoms with Crippen LogP contribution < -0.4 is 5.32 Å². The van der Waals surface area contributed by atoms with Gasteiger partial charge in [0, 0.05) is 31.7 Å². The number of carbonyl (C=O) groups is 1. The van der Waals surface area contributed by atoms with Crippen LogP contribution in [0.25, 0.3) is 0 Å². The molecule has 0 saturated carbocycles. The van der Waals surface area contributed by atoms with Gasteiger partial charge in [-0.05, 0) is 36.9 Å². The van der Waals surface area contributed by atoms with Crippen molar-refractivity contribution in [3.8, 4) is 0 Å². The average molecular weight is 436 g/mol. The number of nitrogens with one attached hydrogen (secondary N) is 1. The predicted octanol–water partition coefficient (Wildman–Crippen LogP) is 3.89.